The molecule has 3 saturated heterocycles. The normalized spacial score (nSPS) is 42.6. The second kappa shape index (κ2) is 6.63. The van der Waals surface area contributed by atoms with E-state index in [0.717, 1.165) is 0 Å². The first-order valence-electron chi connectivity index (χ1n) is 6.92. The smallest absolute Gasteiger partial charge is 0.353 e. The second-order valence-corrected chi connectivity index (χ2v) is 5.31. The van der Waals surface area contributed by atoms with Crippen LogP contribution in [0.2, 0.25) is 0 Å². The van der Waals surface area contributed by atoms with Gasteiger partial charge in [0.15, 0.2) is 18.9 Å². The highest BCUT2D eigenvalue weighted by Crippen LogP contribution is 2.37. The Kier molecular flexibility index (Phi) is 4.75. The van der Waals surface area contributed by atoms with Crippen LogP contribution in [0.5, 0.6) is 0 Å². The number of hydrogen-bond donors (Lipinski definition) is 2. The molecule has 3 rings (SSSR count). The van der Waals surface area contributed by atoms with Crippen molar-refractivity contribution in [3.8, 4) is 0 Å². The molecule has 0 aromatic rings. The number of aliphatic carboxylic acids is 1. The Morgan fingerprint density at radius 1 is 1.04 bits per heavy atom. The van der Waals surface area contributed by atoms with Gasteiger partial charge in [0.1, 0.15) is 30.8 Å². The molecule has 0 radical (unpaired) electrons. The van der Waals surface area contributed by atoms with Gasteiger partial charge in [-0.2, -0.15) is 0 Å². The number of halogens is 1. The number of carboxylic acids is 1. The standard InChI is InChI=1S/C12H15FO10/c13-23-6(16)2-8-21-10-9-4(19-12(17)11(10)22-8)3-18-7(20-9)1-5(14)15/h4,7-12,17H,1-3H2,(H,14,15). The zero-order valence-electron chi connectivity index (χ0n) is 11.7. The van der Waals surface area contributed by atoms with E-state index in [-0.39, 0.29) is 13.0 Å². The highest BCUT2D eigenvalue weighted by Gasteiger charge is 2.55. The number of carboxylic acid groups (broad SMARTS) is 1. The molecule has 10 nitrogen and oxygen atoms in total. The van der Waals surface area contributed by atoms with Gasteiger partial charge in [-0.1, -0.05) is 0 Å². The molecule has 0 bridgehead atoms. The van der Waals surface area contributed by atoms with Crippen LogP contribution in [0.1, 0.15) is 12.8 Å². The molecule has 0 aliphatic carbocycles. The molecule has 3 heterocycles. The molecule has 0 aromatic heterocycles. The number of carbonyl (C=O) groups is 2. The van der Waals surface area contributed by atoms with Crippen molar-refractivity contribution in [1.29, 1.82) is 0 Å². The van der Waals surface area contributed by atoms with Crippen molar-refractivity contribution in [2.45, 2.75) is 56.1 Å². The van der Waals surface area contributed by atoms with Crippen LogP contribution in [0.4, 0.5) is 4.53 Å². The van der Waals surface area contributed by atoms with Gasteiger partial charge >= 0.3 is 11.9 Å². The number of aliphatic hydroxyl groups is 1. The Hall–Kier alpha value is -1.37. The predicted molar refractivity (Wildman–Crippen MR) is 63.1 cm³/mol. The number of aliphatic hydroxyl groups excluding tert-OH is 1. The molecule has 3 aliphatic rings. The van der Waals surface area contributed by atoms with Gasteiger partial charge in [-0.3, -0.25) is 9.74 Å². The third-order valence-electron chi connectivity index (χ3n) is 3.74. The Morgan fingerprint density at radius 3 is 2.43 bits per heavy atom. The molecule has 0 aromatic carbocycles. The topological polar surface area (TPSA) is 130 Å². The largest absolute Gasteiger partial charge is 0.481 e. The van der Waals surface area contributed by atoms with E-state index in [9.17, 15) is 19.2 Å². The van der Waals surface area contributed by atoms with Gasteiger partial charge in [0, 0.05) is 4.53 Å². The van der Waals surface area contributed by atoms with Crippen molar-refractivity contribution >= 4 is 11.9 Å². The quantitative estimate of drug-likeness (QED) is 0.648. The molecule has 0 amide bonds. The minimum absolute atomic E-state index is 0.00341. The van der Waals surface area contributed by atoms with E-state index in [1.165, 1.54) is 0 Å². The predicted octanol–water partition coefficient (Wildman–Crippen LogP) is -1.15. The summed E-state index contributed by atoms with van der Waals surface area (Å²) in [7, 11) is 0. The highest BCUT2D eigenvalue weighted by molar-refractivity contribution is 5.69. The van der Waals surface area contributed by atoms with Crippen LogP contribution in [0.25, 0.3) is 0 Å². The molecule has 11 heteroatoms. The monoisotopic (exact) mass is 338 g/mol. The van der Waals surface area contributed by atoms with Crippen LogP contribution in [0.3, 0.4) is 0 Å². The maximum atomic E-state index is 11.8. The molecule has 0 saturated carbocycles. The fraction of sp³-hybridized carbons (Fsp3) is 0.833. The van der Waals surface area contributed by atoms with Gasteiger partial charge in [-0.05, 0) is 0 Å². The average Bonchev–Trinajstić information content (AvgIpc) is 2.92. The summed E-state index contributed by atoms with van der Waals surface area (Å²) in [6, 6.07) is 0. The number of ether oxygens (including phenoxy) is 5. The van der Waals surface area contributed by atoms with Gasteiger partial charge in [0.2, 0.25) is 0 Å². The first-order chi connectivity index (χ1) is 11.0. The zero-order valence-corrected chi connectivity index (χ0v) is 11.7. The summed E-state index contributed by atoms with van der Waals surface area (Å²) in [5.74, 6) is -2.29. The lowest BCUT2D eigenvalue weighted by molar-refractivity contribution is -0.336. The van der Waals surface area contributed by atoms with Crippen LogP contribution in [0, 0.1) is 0 Å². The number of fused-ring (bicyclic) bond motifs is 3. The lowest BCUT2D eigenvalue weighted by Gasteiger charge is -2.44. The van der Waals surface area contributed by atoms with Gasteiger partial charge in [0.25, 0.3) is 0 Å². The number of hydrogen-bond acceptors (Lipinski definition) is 9. The van der Waals surface area contributed by atoms with E-state index >= 15 is 0 Å². The van der Waals surface area contributed by atoms with Crippen LogP contribution in [-0.4, -0.2) is 72.0 Å². The lowest BCUT2D eigenvalue weighted by atomic mass is 9.98. The summed E-state index contributed by atoms with van der Waals surface area (Å²) in [4.78, 5) is 24.7. The first-order valence-corrected chi connectivity index (χ1v) is 6.92. The van der Waals surface area contributed by atoms with Crippen molar-refractivity contribution in [3.63, 3.8) is 0 Å². The van der Waals surface area contributed by atoms with Crippen LogP contribution >= 0.6 is 0 Å². The molecule has 7 atom stereocenters. The third-order valence-corrected chi connectivity index (χ3v) is 3.74. The SMILES string of the molecule is O=C(O)CC1OCC2OC(O)C3OC(CC(=O)OF)OC3C2O1. The fourth-order valence-corrected chi connectivity index (χ4v) is 2.81. The Bertz CT molecular complexity index is 473. The van der Waals surface area contributed by atoms with Crippen LogP contribution in [-0.2, 0) is 38.2 Å². The fourth-order valence-electron chi connectivity index (χ4n) is 2.81. The van der Waals surface area contributed by atoms with E-state index in [0.29, 0.717) is 0 Å². The maximum absolute atomic E-state index is 11.8. The van der Waals surface area contributed by atoms with Gasteiger partial charge in [-0.25, -0.2) is 4.79 Å². The summed E-state index contributed by atoms with van der Waals surface area (Å²) < 4.78 is 38.6. The van der Waals surface area contributed by atoms with E-state index in [2.05, 4.69) is 4.94 Å². The molecule has 3 aliphatic heterocycles. The van der Waals surface area contributed by atoms with Gasteiger partial charge < -0.3 is 33.9 Å². The van der Waals surface area contributed by atoms with Crippen molar-refractivity contribution in [3.05, 3.63) is 0 Å². The van der Waals surface area contributed by atoms with E-state index in [1.807, 2.05) is 0 Å². The van der Waals surface area contributed by atoms with E-state index < -0.39 is 61.6 Å². The molecule has 2 N–H and O–H groups in total. The summed E-state index contributed by atoms with van der Waals surface area (Å²) in [6.07, 6.45) is -7.58. The summed E-state index contributed by atoms with van der Waals surface area (Å²) in [5.41, 5.74) is 0. The molecule has 23 heavy (non-hydrogen) atoms. The minimum Gasteiger partial charge on any atom is -0.481 e. The van der Waals surface area contributed by atoms with Gasteiger partial charge in [-0.15, -0.1) is 0 Å². The van der Waals surface area contributed by atoms with Gasteiger partial charge in [0.05, 0.1) is 13.0 Å². The molecule has 0 spiro atoms. The van der Waals surface area contributed by atoms with Crippen LogP contribution < -0.4 is 0 Å². The molecular weight excluding hydrogens is 323 g/mol. The maximum Gasteiger partial charge on any atom is 0.353 e. The minimum atomic E-state index is -1.35. The summed E-state index contributed by atoms with van der Waals surface area (Å²) >= 11 is 0. The lowest BCUT2D eigenvalue weighted by Crippen LogP contribution is -2.61. The van der Waals surface area contributed by atoms with Crippen molar-refractivity contribution in [2.24, 2.45) is 0 Å². The van der Waals surface area contributed by atoms with E-state index in [1.54, 1.807) is 0 Å². The summed E-state index contributed by atoms with van der Waals surface area (Å²) in [5, 5.41) is 18.7. The van der Waals surface area contributed by atoms with Crippen molar-refractivity contribution in [1.82, 2.24) is 0 Å². The Balaban J connectivity index is 1.68. The van der Waals surface area contributed by atoms with Crippen molar-refractivity contribution < 1.29 is 53.0 Å². The molecule has 3 fully saturated rings. The molecular formula is C12H15FO10. The second-order valence-electron chi connectivity index (χ2n) is 5.31. The number of rotatable bonds is 4. The van der Waals surface area contributed by atoms with Crippen molar-refractivity contribution in [2.75, 3.05) is 6.61 Å². The highest BCUT2D eigenvalue weighted by atomic mass is 19.3. The molecule has 7 unspecified atom stereocenters. The number of carbonyl (C=O) groups excluding carboxylic acids is 1. The summed E-state index contributed by atoms with van der Waals surface area (Å²) in [6.45, 7) is 0.00341. The Labute approximate surface area is 128 Å². The average molecular weight is 338 g/mol. The van der Waals surface area contributed by atoms with Crippen LogP contribution in [0.15, 0.2) is 0 Å². The first kappa shape index (κ1) is 16.5. The Morgan fingerprint density at radius 2 is 1.74 bits per heavy atom. The molecule has 130 valence electrons. The zero-order chi connectivity index (χ0) is 16.6. The van der Waals surface area contributed by atoms with E-state index in [4.69, 9.17) is 28.8 Å². The third kappa shape index (κ3) is 3.44.